The third-order valence-electron chi connectivity index (χ3n) is 8.33. The van der Waals surface area contributed by atoms with E-state index in [0.29, 0.717) is 22.5 Å². The molecule has 0 unspecified atom stereocenters. The second-order valence-corrected chi connectivity index (χ2v) is 10.9. The van der Waals surface area contributed by atoms with E-state index in [9.17, 15) is 10.5 Å². The van der Waals surface area contributed by atoms with Gasteiger partial charge in [0, 0.05) is 23.5 Å². The quantitative estimate of drug-likeness (QED) is 0.202. The maximum Gasteiger partial charge on any atom is 0.101 e. The largest absolute Gasteiger partial charge is 0.255 e. The third kappa shape index (κ3) is 4.14. The Morgan fingerprint density at radius 3 is 1.16 bits per heavy atom. The summed E-state index contributed by atoms with van der Waals surface area (Å²) in [5.74, 6) is 0. The van der Waals surface area contributed by atoms with E-state index >= 15 is 0 Å². The standard InChI is InChI=1S/C40H22N4/c41-23-33-9-3-15-43-39(33)31-7-1-5-25(17-31)35-19-27-11-13-29-21-36(22-30-14-12-28(20-35)37(27)38(29)30)26-6-2-8-32(18-26)40-34(24-42)10-4-16-44-40/h1-22H. The van der Waals surface area contributed by atoms with Crippen LogP contribution in [0.15, 0.2) is 134 Å². The monoisotopic (exact) mass is 558 g/mol. The zero-order valence-corrected chi connectivity index (χ0v) is 23.5. The van der Waals surface area contributed by atoms with E-state index in [1.54, 1.807) is 36.7 Å². The van der Waals surface area contributed by atoms with Crippen molar-refractivity contribution in [2.24, 2.45) is 0 Å². The first-order chi connectivity index (χ1) is 21.7. The molecule has 4 heteroatoms. The number of aromatic nitrogens is 2. The molecule has 0 spiro atoms. The Kier molecular flexibility index (Phi) is 5.86. The smallest absolute Gasteiger partial charge is 0.101 e. The normalized spacial score (nSPS) is 11.1. The molecule has 2 aromatic heterocycles. The van der Waals surface area contributed by atoms with E-state index in [1.165, 1.54) is 32.3 Å². The summed E-state index contributed by atoms with van der Waals surface area (Å²) < 4.78 is 0. The summed E-state index contributed by atoms with van der Waals surface area (Å²) >= 11 is 0. The number of hydrogen-bond donors (Lipinski definition) is 0. The molecule has 0 amide bonds. The zero-order valence-electron chi connectivity index (χ0n) is 23.5. The summed E-state index contributed by atoms with van der Waals surface area (Å²) in [7, 11) is 0. The fourth-order valence-corrected chi connectivity index (χ4v) is 6.31. The van der Waals surface area contributed by atoms with Crippen molar-refractivity contribution in [1.82, 2.24) is 9.97 Å². The van der Waals surface area contributed by atoms with Crippen molar-refractivity contribution in [2.45, 2.75) is 0 Å². The molecule has 0 aliphatic heterocycles. The predicted molar refractivity (Wildman–Crippen MR) is 177 cm³/mol. The molecule has 8 rings (SSSR count). The third-order valence-corrected chi connectivity index (χ3v) is 8.33. The first kappa shape index (κ1) is 25.4. The van der Waals surface area contributed by atoms with Crippen LogP contribution >= 0.6 is 0 Å². The maximum atomic E-state index is 9.59. The number of nitrogens with zero attached hydrogens (tertiary/aromatic N) is 4. The highest BCUT2D eigenvalue weighted by Crippen LogP contribution is 2.40. The van der Waals surface area contributed by atoms with Gasteiger partial charge in [0.2, 0.25) is 0 Å². The Hall–Kier alpha value is -6.36. The van der Waals surface area contributed by atoms with Crippen LogP contribution in [0.4, 0.5) is 0 Å². The van der Waals surface area contributed by atoms with Crippen LogP contribution in [0, 0.1) is 22.7 Å². The lowest BCUT2D eigenvalue weighted by Crippen LogP contribution is -1.90. The minimum atomic E-state index is 0.565. The van der Waals surface area contributed by atoms with Crippen LogP contribution in [0.25, 0.3) is 77.1 Å². The number of nitriles is 2. The molecular weight excluding hydrogens is 536 g/mol. The predicted octanol–water partition coefficient (Wildman–Crippen LogP) is 9.79. The van der Waals surface area contributed by atoms with Crippen molar-refractivity contribution in [1.29, 1.82) is 10.5 Å². The molecule has 0 saturated carbocycles. The number of benzene rings is 6. The van der Waals surface area contributed by atoms with Gasteiger partial charge in [-0.15, -0.1) is 0 Å². The van der Waals surface area contributed by atoms with Crippen LogP contribution in [-0.2, 0) is 0 Å². The molecule has 44 heavy (non-hydrogen) atoms. The second-order valence-electron chi connectivity index (χ2n) is 10.9. The molecule has 6 aromatic carbocycles. The van der Waals surface area contributed by atoms with Gasteiger partial charge in [0.15, 0.2) is 0 Å². The Morgan fingerprint density at radius 2 is 0.773 bits per heavy atom. The fraction of sp³-hybridized carbons (Fsp3) is 0. The van der Waals surface area contributed by atoms with Crippen molar-refractivity contribution >= 4 is 32.3 Å². The molecule has 4 nitrogen and oxygen atoms in total. The first-order valence-corrected chi connectivity index (χ1v) is 14.3. The van der Waals surface area contributed by atoms with E-state index in [4.69, 9.17) is 0 Å². The van der Waals surface area contributed by atoms with E-state index in [1.807, 2.05) is 24.3 Å². The minimum Gasteiger partial charge on any atom is -0.255 e. The summed E-state index contributed by atoms with van der Waals surface area (Å²) in [5.41, 5.74) is 8.77. The Labute approximate surface area is 254 Å². The molecule has 0 saturated heterocycles. The summed E-state index contributed by atoms with van der Waals surface area (Å²) in [4.78, 5) is 8.97. The molecule has 0 bridgehead atoms. The van der Waals surface area contributed by atoms with Gasteiger partial charge in [0.05, 0.1) is 22.5 Å². The highest BCUT2D eigenvalue weighted by Gasteiger charge is 2.14. The Bertz CT molecular complexity index is 2240. The van der Waals surface area contributed by atoms with Crippen LogP contribution in [-0.4, -0.2) is 9.97 Å². The van der Waals surface area contributed by atoms with Crippen molar-refractivity contribution in [3.63, 3.8) is 0 Å². The van der Waals surface area contributed by atoms with Gasteiger partial charge >= 0.3 is 0 Å². The van der Waals surface area contributed by atoms with Gasteiger partial charge in [0.25, 0.3) is 0 Å². The van der Waals surface area contributed by atoms with Crippen LogP contribution in [0.3, 0.4) is 0 Å². The Balaban J connectivity index is 1.23. The van der Waals surface area contributed by atoms with Gasteiger partial charge in [0.1, 0.15) is 12.1 Å². The van der Waals surface area contributed by atoms with E-state index in [2.05, 4.69) is 94.9 Å². The van der Waals surface area contributed by atoms with Gasteiger partial charge in [-0.1, -0.05) is 60.7 Å². The van der Waals surface area contributed by atoms with Gasteiger partial charge in [-0.2, -0.15) is 10.5 Å². The molecule has 0 aliphatic carbocycles. The zero-order chi connectivity index (χ0) is 29.6. The van der Waals surface area contributed by atoms with E-state index in [-0.39, 0.29) is 0 Å². The topological polar surface area (TPSA) is 73.4 Å². The van der Waals surface area contributed by atoms with Gasteiger partial charge < -0.3 is 0 Å². The van der Waals surface area contributed by atoms with Gasteiger partial charge in [-0.25, -0.2) is 0 Å². The molecular formula is C40H22N4. The van der Waals surface area contributed by atoms with Crippen molar-refractivity contribution in [2.75, 3.05) is 0 Å². The van der Waals surface area contributed by atoms with Crippen LogP contribution in [0.5, 0.6) is 0 Å². The van der Waals surface area contributed by atoms with Crippen molar-refractivity contribution < 1.29 is 0 Å². The number of hydrogen-bond acceptors (Lipinski definition) is 4. The van der Waals surface area contributed by atoms with Gasteiger partial charge in [-0.05, 0) is 115 Å². The highest BCUT2D eigenvalue weighted by molar-refractivity contribution is 6.24. The van der Waals surface area contributed by atoms with Crippen LogP contribution in [0.1, 0.15) is 11.1 Å². The maximum absolute atomic E-state index is 9.59. The lowest BCUT2D eigenvalue weighted by atomic mass is 9.89. The average Bonchev–Trinajstić information content (AvgIpc) is 3.10. The summed E-state index contributed by atoms with van der Waals surface area (Å²) in [6.45, 7) is 0. The minimum absolute atomic E-state index is 0.565. The fourth-order valence-electron chi connectivity index (χ4n) is 6.31. The molecule has 0 atom stereocenters. The van der Waals surface area contributed by atoms with Crippen LogP contribution in [0.2, 0.25) is 0 Å². The van der Waals surface area contributed by atoms with E-state index in [0.717, 1.165) is 33.4 Å². The molecule has 0 N–H and O–H groups in total. The number of pyridine rings is 2. The SMILES string of the molecule is N#Cc1cccnc1-c1cccc(-c2cc3ccc4cc(-c5cccc(-c6ncccc6C#N)c5)cc5ccc(c2)c3c45)c1. The average molecular weight is 559 g/mol. The lowest BCUT2D eigenvalue weighted by molar-refractivity contribution is 1.30. The first-order valence-electron chi connectivity index (χ1n) is 14.3. The lowest BCUT2D eigenvalue weighted by Gasteiger charge is -2.15. The molecule has 2 heterocycles. The highest BCUT2D eigenvalue weighted by atomic mass is 14.7. The summed E-state index contributed by atoms with van der Waals surface area (Å²) in [5, 5.41) is 26.4. The Morgan fingerprint density at radius 1 is 0.386 bits per heavy atom. The van der Waals surface area contributed by atoms with Crippen LogP contribution < -0.4 is 0 Å². The second kappa shape index (κ2) is 10.2. The molecule has 0 aliphatic rings. The molecule has 0 radical (unpaired) electrons. The summed E-state index contributed by atoms with van der Waals surface area (Å²) in [6.07, 6.45) is 3.45. The van der Waals surface area contributed by atoms with Gasteiger partial charge in [-0.3, -0.25) is 9.97 Å². The molecule has 8 aromatic rings. The van der Waals surface area contributed by atoms with Crippen molar-refractivity contribution in [3.8, 4) is 56.9 Å². The molecule has 202 valence electrons. The summed E-state index contributed by atoms with van der Waals surface area (Å²) in [6, 6.07) is 46.0. The number of rotatable bonds is 4. The van der Waals surface area contributed by atoms with E-state index < -0.39 is 0 Å². The molecule has 0 fully saturated rings. The van der Waals surface area contributed by atoms with Crippen molar-refractivity contribution in [3.05, 3.63) is 145 Å².